The first-order valence-corrected chi connectivity index (χ1v) is 12.4. The van der Waals surface area contributed by atoms with Crippen molar-refractivity contribution in [2.24, 2.45) is 0 Å². The van der Waals surface area contributed by atoms with Crippen LogP contribution in [0.25, 0.3) is 5.65 Å². The second-order valence-electron chi connectivity index (χ2n) is 8.18. The van der Waals surface area contributed by atoms with E-state index in [1.54, 1.807) is 30.3 Å². The molecule has 8 nitrogen and oxygen atoms in total. The number of para-hydroxylation sites is 1. The first-order chi connectivity index (χ1) is 18.2. The van der Waals surface area contributed by atoms with Gasteiger partial charge in [-0.1, -0.05) is 12.0 Å². The molecule has 1 aromatic carbocycles. The van der Waals surface area contributed by atoms with E-state index in [9.17, 15) is 22.4 Å². The Kier molecular flexibility index (Phi) is 8.53. The normalized spacial score (nSPS) is 17.4. The number of amides is 1. The van der Waals surface area contributed by atoms with Crippen LogP contribution in [-0.2, 0) is 4.74 Å². The van der Waals surface area contributed by atoms with Gasteiger partial charge in [0.1, 0.15) is 22.6 Å². The maximum absolute atomic E-state index is 14.3. The first-order valence-electron chi connectivity index (χ1n) is 11.6. The van der Waals surface area contributed by atoms with Crippen LogP contribution in [0.4, 0.5) is 28.9 Å². The second kappa shape index (κ2) is 11.8. The molecule has 3 aromatic rings. The van der Waals surface area contributed by atoms with Gasteiger partial charge in [0, 0.05) is 31.6 Å². The van der Waals surface area contributed by atoms with E-state index < -0.39 is 17.7 Å². The number of aromatic nitrogens is 2. The lowest BCUT2D eigenvalue weighted by atomic mass is 10.1. The Hall–Kier alpha value is -3.63. The molecule has 0 unspecified atom stereocenters. The molecule has 0 aliphatic carbocycles. The number of methoxy groups -OCH3 is 1. The number of hydrogen-bond acceptors (Lipinski definition) is 7. The van der Waals surface area contributed by atoms with Gasteiger partial charge in [-0.3, -0.25) is 9.20 Å². The summed E-state index contributed by atoms with van der Waals surface area (Å²) < 4.78 is 66.3. The zero-order valence-electron chi connectivity index (χ0n) is 20.5. The monoisotopic (exact) mass is 551 g/mol. The lowest BCUT2D eigenvalue weighted by Gasteiger charge is -2.27. The highest BCUT2D eigenvalue weighted by atomic mass is 32.2. The topological polar surface area (TPSA) is 88.9 Å². The van der Waals surface area contributed by atoms with Gasteiger partial charge in [0.05, 0.1) is 43.2 Å². The van der Waals surface area contributed by atoms with Crippen molar-refractivity contribution in [3.63, 3.8) is 0 Å². The van der Waals surface area contributed by atoms with E-state index >= 15 is 0 Å². The molecule has 1 aliphatic heterocycles. The summed E-state index contributed by atoms with van der Waals surface area (Å²) >= 11 is -0.329. The molecule has 2 atom stereocenters. The molecule has 0 spiro atoms. The molecule has 0 bridgehead atoms. The van der Waals surface area contributed by atoms with E-state index in [-0.39, 0.29) is 47.2 Å². The number of fused-ring (bicyclic) bond motifs is 1. The Morgan fingerprint density at radius 3 is 2.84 bits per heavy atom. The van der Waals surface area contributed by atoms with E-state index in [0.717, 1.165) is 0 Å². The Morgan fingerprint density at radius 1 is 1.32 bits per heavy atom. The second-order valence-corrected chi connectivity index (χ2v) is 9.23. The highest BCUT2D eigenvalue weighted by Crippen LogP contribution is 2.39. The number of rotatable bonds is 7. The molecule has 1 fully saturated rings. The standard InChI is InChI=1S/C25H25F4N5O3S/c1-30-23(35)15-6-3-9-20(36-2)21(15)31-11-4-7-19-24(38-25(27,28)29)34-12-5-8-18(22(34)33-19)32-17-10-13-37-14-16(17)26/h3,5-6,8-9,12,16-17,31-32H,10-11,13-14H2,1-2H3,(H,30,35)/t16-,17+/m0/s1. The average molecular weight is 552 g/mol. The molecule has 38 heavy (non-hydrogen) atoms. The fraction of sp³-hybridized carbons (Fsp3) is 0.360. The van der Waals surface area contributed by atoms with Crippen molar-refractivity contribution in [3.05, 3.63) is 47.8 Å². The Labute approximate surface area is 220 Å². The molecular weight excluding hydrogens is 526 g/mol. The van der Waals surface area contributed by atoms with Gasteiger partial charge in [0.2, 0.25) is 0 Å². The summed E-state index contributed by atoms with van der Waals surface area (Å²) in [6.45, 7) is 0.315. The number of pyridine rings is 1. The molecule has 4 rings (SSSR count). The average Bonchev–Trinajstić information content (AvgIpc) is 3.24. The SMILES string of the molecule is CNC(=O)c1cccc(OC)c1NCC#Cc1nc2c(N[C@@H]3CCOC[C@@H]3F)cccn2c1SC(F)(F)F. The number of anilines is 2. The predicted octanol–water partition coefficient (Wildman–Crippen LogP) is 4.32. The van der Waals surface area contributed by atoms with Gasteiger partial charge in [-0.2, -0.15) is 13.2 Å². The number of nitrogens with one attached hydrogen (secondary N) is 3. The van der Waals surface area contributed by atoms with Crippen molar-refractivity contribution in [2.45, 2.75) is 29.2 Å². The maximum Gasteiger partial charge on any atom is 0.447 e. The van der Waals surface area contributed by atoms with Gasteiger partial charge in [-0.15, -0.1) is 0 Å². The number of hydrogen-bond donors (Lipinski definition) is 3. The number of thioether (sulfide) groups is 1. The van der Waals surface area contributed by atoms with Gasteiger partial charge in [0.15, 0.2) is 5.65 Å². The van der Waals surface area contributed by atoms with Gasteiger partial charge in [-0.05, 0) is 36.6 Å². The van der Waals surface area contributed by atoms with Crippen LogP contribution in [0.5, 0.6) is 5.75 Å². The van der Waals surface area contributed by atoms with Gasteiger partial charge in [0.25, 0.3) is 5.91 Å². The lowest BCUT2D eigenvalue weighted by Crippen LogP contribution is -2.39. The van der Waals surface area contributed by atoms with Crippen molar-refractivity contribution in [3.8, 4) is 17.6 Å². The van der Waals surface area contributed by atoms with Crippen LogP contribution in [0, 0.1) is 11.8 Å². The summed E-state index contributed by atoms with van der Waals surface area (Å²) in [6.07, 6.45) is 0.599. The molecule has 1 amide bonds. The van der Waals surface area contributed by atoms with Crippen LogP contribution in [0.3, 0.4) is 0 Å². The Balaban J connectivity index is 1.65. The van der Waals surface area contributed by atoms with Crippen molar-refractivity contribution >= 4 is 34.7 Å². The van der Waals surface area contributed by atoms with Gasteiger partial charge < -0.3 is 25.4 Å². The third kappa shape index (κ3) is 6.25. The summed E-state index contributed by atoms with van der Waals surface area (Å²) in [5.41, 5.74) is -3.36. The molecule has 1 aliphatic rings. The fourth-order valence-electron chi connectivity index (χ4n) is 3.98. The third-order valence-corrected chi connectivity index (χ3v) is 6.54. The van der Waals surface area contributed by atoms with Crippen LogP contribution in [0.1, 0.15) is 22.5 Å². The number of alkyl halides is 4. The third-order valence-electron chi connectivity index (χ3n) is 5.72. The number of benzene rings is 1. The molecule has 3 heterocycles. The fourth-order valence-corrected chi connectivity index (χ4v) is 4.64. The van der Waals surface area contributed by atoms with Crippen LogP contribution >= 0.6 is 11.8 Å². The van der Waals surface area contributed by atoms with Crippen molar-refractivity contribution < 1.29 is 31.8 Å². The van der Waals surface area contributed by atoms with Crippen molar-refractivity contribution in [1.82, 2.24) is 14.7 Å². The summed E-state index contributed by atoms with van der Waals surface area (Å²) in [4.78, 5) is 16.6. The maximum atomic E-state index is 14.3. The van der Waals surface area contributed by atoms with Crippen LogP contribution in [0.15, 0.2) is 41.6 Å². The minimum atomic E-state index is -4.58. The molecule has 2 aromatic heterocycles. The highest BCUT2D eigenvalue weighted by Gasteiger charge is 2.33. The Morgan fingerprint density at radius 2 is 2.13 bits per heavy atom. The number of imidazole rings is 1. The summed E-state index contributed by atoms with van der Waals surface area (Å²) in [6, 6.07) is 7.57. The minimum absolute atomic E-state index is 0.00885. The van der Waals surface area contributed by atoms with Gasteiger partial charge in [-0.25, -0.2) is 9.37 Å². The van der Waals surface area contributed by atoms with Crippen molar-refractivity contribution in [1.29, 1.82) is 0 Å². The molecule has 1 saturated heterocycles. The van der Waals surface area contributed by atoms with Crippen molar-refractivity contribution in [2.75, 3.05) is 44.5 Å². The predicted molar refractivity (Wildman–Crippen MR) is 137 cm³/mol. The van der Waals surface area contributed by atoms with E-state index in [0.29, 0.717) is 35.7 Å². The van der Waals surface area contributed by atoms with Gasteiger partial charge >= 0.3 is 5.51 Å². The van der Waals surface area contributed by atoms with E-state index in [1.807, 2.05) is 0 Å². The smallest absolute Gasteiger partial charge is 0.447 e. The zero-order valence-corrected chi connectivity index (χ0v) is 21.3. The molecule has 3 N–H and O–H groups in total. The molecule has 0 saturated carbocycles. The zero-order chi connectivity index (χ0) is 27.3. The summed E-state index contributed by atoms with van der Waals surface area (Å²) in [5, 5.41) is 8.39. The summed E-state index contributed by atoms with van der Waals surface area (Å²) in [5.74, 6) is 5.55. The first kappa shape index (κ1) is 27.4. The van der Waals surface area contributed by atoms with E-state index in [4.69, 9.17) is 9.47 Å². The molecular formula is C25H25F4N5O3S. The highest BCUT2D eigenvalue weighted by molar-refractivity contribution is 8.00. The van der Waals surface area contributed by atoms with Crippen LogP contribution in [-0.4, -0.2) is 66.9 Å². The quantitative estimate of drug-likeness (QED) is 0.229. The number of halogens is 4. The number of ether oxygens (including phenoxy) is 2. The largest absolute Gasteiger partial charge is 0.495 e. The molecule has 0 radical (unpaired) electrons. The van der Waals surface area contributed by atoms with E-state index in [2.05, 4.69) is 32.8 Å². The lowest BCUT2D eigenvalue weighted by molar-refractivity contribution is -0.0330. The Bertz CT molecular complexity index is 1370. The number of carbonyl (C=O) groups excluding carboxylic acids is 1. The summed E-state index contributed by atoms with van der Waals surface area (Å²) in [7, 11) is 2.95. The molecule has 13 heteroatoms. The molecule has 202 valence electrons. The van der Waals surface area contributed by atoms with Crippen LogP contribution in [0.2, 0.25) is 0 Å². The van der Waals surface area contributed by atoms with Crippen LogP contribution < -0.4 is 20.7 Å². The van der Waals surface area contributed by atoms with E-state index in [1.165, 1.54) is 24.8 Å². The number of carbonyl (C=O) groups is 1. The minimum Gasteiger partial charge on any atom is -0.495 e. The number of nitrogens with zero attached hydrogens (tertiary/aromatic N) is 2.